The molecule has 0 aliphatic carbocycles. The van der Waals surface area contributed by atoms with Crippen molar-refractivity contribution in [2.45, 2.75) is 19.4 Å². The normalized spacial score (nSPS) is 11.4. The molecule has 0 atom stereocenters. The van der Waals surface area contributed by atoms with Gasteiger partial charge in [0.05, 0.1) is 0 Å². The summed E-state index contributed by atoms with van der Waals surface area (Å²) in [5.74, 6) is 0. The van der Waals surface area contributed by atoms with Crippen molar-refractivity contribution in [3.8, 4) is 0 Å². The zero-order chi connectivity index (χ0) is 20.7. The van der Waals surface area contributed by atoms with Gasteiger partial charge in [-0.25, -0.2) is 0 Å². The Labute approximate surface area is 175 Å². The summed E-state index contributed by atoms with van der Waals surface area (Å²) in [5, 5.41) is 0. The third-order valence-corrected chi connectivity index (χ3v) is 7.88. The molecule has 3 aromatic rings. The maximum atomic E-state index is 5.53. The predicted molar refractivity (Wildman–Crippen MR) is 121 cm³/mol. The van der Waals surface area contributed by atoms with Crippen LogP contribution in [0.2, 0.25) is 6.04 Å². The topological polar surface area (TPSA) is 30.9 Å². The number of hydrogen-bond acceptors (Lipinski definition) is 4. The van der Waals surface area contributed by atoms with Crippen LogP contribution in [-0.2, 0) is 19.7 Å². The van der Waals surface area contributed by atoms with E-state index < -0.39 is 8.80 Å². The average Bonchev–Trinajstić information content (AvgIpc) is 2.78. The van der Waals surface area contributed by atoms with E-state index in [0.717, 1.165) is 29.5 Å². The van der Waals surface area contributed by atoms with Gasteiger partial charge in [-0.3, -0.25) is 0 Å². The van der Waals surface area contributed by atoms with Crippen LogP contribution < -0.4 is 4.90 Å². The summed E-state index contributed by atoms with van der Waals surface area (Å²) in [6, 6.07) is 28.4. The molecule has 0 heterocycles. The van der Waals surface area contributed by atoms with Gasteiger partial charge in [-0.15, -0.1) is 0 Å². The van der Waals surface area contributed by atoms with E-state index in [1.165, 1.54) is 11.1 Å². The molecule has 0 unspecified atom stereocenters. The number of benzene rings is 3. The lowest BCUT2D eigenvalue weighted by Gasteiger charge is -2.26. The van der Waals surface area contributed by atoms with E-state index in [2.05, 4.69) is 84.6 Å². The maximum Gasteiger partial charge on any atom is 0.500 e. The maximum absolute atomic E-state index is 5.53. The number of rotatable bonds is 9. The molecule has 0 aromatic heterocycles. The molecule has 4 nitrogen and oxygen atoms in total. The zero-order valence-corrected chi connectivity index (χ0v) is 18.6. The van der Waals surface area contributed by atoms with Gasteiger partial charge in [-0.1, -0.05) is 48.0 Å². The monoisotopic (exact) mass is 407 g/mol. The number of anilines is 3. The highest BCUT2D eigenvalue weighted by Crippen LogP contribution is 2.34. The van der Waals surface area contributed by atoms with Crippen molar-refractivity contribution in [3.63, 3.8) is 0 Å². The summed E-state index contributed by atoms with van der Waals surface area (Å²) in [5.41, 5.74) is 5.87. The van der Waals surface area contributed by atoms with Crippen LogP contribution >= 0.6 is 0 Å². The Morgan fingerprint density at radius 2 is 1.14 bits per heavy atom. The van der Waals surface area contributed by atoms with Crippen molar-refractivity contribution >= 4 is 25.9 Å². The SMILES string of the molecule is CO[Si](CCc1ccc(N(c2ccccc2)c2ccc(C)cc2)cc1)(OC)OC. The van der Waals surface area contributed by atoms with Crippen LogP contribution in [0, 0.1) is 6.92 Å². The van der Waals surface area contributed by atoms with E-state index in [0.29, 0.717) is 0 Å². The lowest BCUT2D eigenvalue weighted by molar-refractivity contribution is 0.123. The molecule has 0 amide bonds. The predicted octanol–water partition coefficient (Wildman–Crippen LogP) is 5.89. The average molecular weight is 408 g/mol. The second kappa shape index (κ2) is 9.85. The second-order valence-corrected chi connectivity index (χ2v) is 10.1. The molecule has 0 saturated carbocycles. The van der Waals surface area contributed by atoms with Crippen molar-refractivity contribution in [1.82, 2.24) is 0 Å². The fourth-order valence-electron chi connectivity index (χ4n) is 3.38. The third kappa shape index (κ3) is 5.13. The molecule has 0 saturated heterocycles. The Morgan fingerprint density at radius 1 is 0.655 bits per heavy atom. The molecule has 0 radical (unpaired) electrons. The number of para-hydroxylation sites is 1. The summed E-state index contributed by atoms with van der Waals surface area (Å²) in [4.78, 5) is 2.27. The molecular formula is C24H29NO3Si. The first-order chi connectivity index (χ1) is 14.1. The molecular weight excluding hydrogens is 378 g/mol. The molecule has 3 rings (SSSR count). The molecule has 0 spiro atoms. The van der Waals surface area contributed by atoms with E-state index in [4.69, 9.17) is 13.3 Å². The standard InChI is InChI=1S/C24H29NO3Si/c1-20-10-14-23(15-11-20)25(22-8-6-5-7-9-22)24-16-12-21(13-17-24)18-19-29(26-2,27-3)28-4/h5-17H,18-19H2,1-4H3. The van der Waals surface area contributed by atoms with E-state index in [9.17, 15) is 0 Å². The van der Waals surface area contributed by atoms with Crippen molar-refractivity contribution in [2.24, 2.45) is 0 Å². The minimum atomic E-state index is -2.56. The Bertz CT molecular complexity index is 870. The quantitative estimate of drug-likeness (QED) is 0.414. The Balaban J connectivity index is 1.85. The number of hydrogen-bond donors (Lipinski definition) is 0. The lowest BCUT2D eigenvalue weighted by Crippen LogP contribution is -2.43. The van der Waals surface area contributed by atoms with Crippen molar-refractivity contribution < 1.29 is 13.3 Å². The van der Waals surface area contributed by atoms with Gasteiger partial charge in [0.2, 0.25) is 0 Å². The first-order valence-corrected chi connectivity index (χ1v) is 11.7. The highest BCUT2D eigenvalue weighted by molar-refractivity contribution is 6.60. The largest absolute Gasteiger partial charge is 0.500 e. The van der Waals surface area contributed by atoms with Crippen LogP contribution in [0.5, 0.6) is 0 Å². The molecule has 0 aliphatic rings. The van der Waals surface area contributed by atoms with E-state index in [1.54, 1.807) is 21.3 Å². The van der Waals surface area contributed by atoms with E-state index in [1.807, 2.05) is 6.07 Å². The zero-order valence-electron chi connectivity index (χ0n) is 17.6. The fraction of sp³-hybridized carbons (Fsp3) is 0.250. The van der Waals surface area contributed by atoms with Gasteiger partial charge in [0.25, 0.3) is 0 Å². The Kier molecular flexibility index (Phi) is 7.22. The first-order valence-electron chi connectivity index (χ1n) is 9.77. The van der Waals surface area contributed by atoms with Gasteiger partial charge in [0.15, 0.2) is 0 Å². The first kappa shape index (κ1) is 21.3. The molecule has 0 N–H and O–H groups in total. The summed E-state index contributed by atoms with van der Waals surface area (Å²) < 4.78 is 16.6. The van der Waals surface area contributed by atoms with Gasteiger partial charge in [-0.2, -0.15) is 0 Å². The van der Waals surface area contributed by atoms with Crippen LogP contribution in [0.25, 0.3) is 0 Å². The second-order valence-electron chi connectivity index (χ2n) is 6.97. The van der Waals surface area contributed by atoms with Gasteiger partial charge < -0.3 is 18.2 Å². The summed E-state index contributed by atoms with van der Waals surface area (Å²) in [6.45, 7) is 2.11. The Morgan fingerprint density at radius 3 is 1.66 bits per heavy atom. The van der Waals surface area contributed by atoms with Crippen molar-refractivity contribution in [2.75, 3.05) is 26.2 Å². The van der Waals surface area contributed by atoms with Crippen LogP contribution in [0.3, 0.4) is 0 Å². The molecule has 0 bridgehead atoms. The highest BCUT2D eigenvalue weighted by Gasteiger charge is 2.37. The Hall–Kier alpha value is -2.44. The summed E-state index contributed by atoms with van der Waals surface area (Å²) in [7, 11) is 2.41. The summed E-state index contributed by atoms with van der Waals surface area (Å²) in [6.07, 6.45) is 0.845. The minimum Gasteiger partial charge on any atom is -0.377 e. The molecule has 3 aromatic carbocycles. The molecule has 152 valence electrons. The summed E-state index contributed by atoms with van der Waals surface area (Å²) >= 11 is 0. The van der Waals surface area contributed by atoms with Gasteiger partial charge in [-0.05, 0) is 55.3 Å². The fourth-order valence-corrected chi connectivity index (χ4v) is 5.09. The van der Waals surface area contributed by atoms with Gasteiger partial charge in [0.1, 0.15) is 0 Å². The number of aryl methyl sites for hydroxylation is 2. The smallest absolute Gasteiger partial charge is 0.377 e. The third-order valence-electron chi connectivity index (χ3n) is 5.15. The molecule has 0 fully saturated rings. The molecule has 5 heteroatoms. The highest BCUT2D eigenvalue weighted by atomic mass is 28.4. The van der Waals surface area contributed by atoms with Gasteiger partial charge >= 0.3 is 8.80 Å². The molecule has 0 aliphatic heterocycles. The lowest BCUT2D eigenvalue weighted by atomic mass is 10.1. The van der Waals surface area contributed by atoms with Gasteiger partial charge in [0, 0.05) is 44.4 Å². The molecule has 29 heavy (non-hydrogen) atoms. The van der Waals surface area contributed by atoms with E-state index in [-0.39, 0.29) is 0 Å². The van der Waals surface area contributed by atoms with Crippen LogP contribution in [-0.4, -0.2) is 30.1 Å². The van der Waals surface area contributed by atoms with Crippen LogP contribution in [0.4, 0.5) is 17.1 Å². The van der Waals surface area contributed by atoms with Crippen LogP contribution in [0.15, 0.2) is 78.9 Å². The van der Waals surface area contributed by atoms with Crippen LogP contribution in [0.1, 0.15) is 11.1 Å². The van der Waals surface area contributed by atoms with Crippen molar-refractivity contribution in [3.05, 3.63) is 90.0 Å². The minimum absolute atomic E-state index is 0.746. The number of nitrogens with zero attached hydrogens (tertiary/aromatic N) is 1. The van der Waals surface area contributed by atoms with E-state index >= 15 is 0 Å². The van der Waals surface area contributed by atoms with Crippen molar-refractivity contribution in [1.29, 1.82) is 0 Å².